The van der Waals surface area contributed by atoms with E-state index in [2.05, 4.69) is 68.8 Å². The van der Waals surface area contributed by atoms with E-state index < -0.39 is 0 Å². The Kier molecular flexibility index (Phi) is 5.67. The number of ether oxygens (including phenoxy) is 1. The molecule has 0 spiro atoms. The molecule has 1 atom stereocenters. The van der Waals surface area contributed by atoms with Crippen molar-refractivity contribution < 1.29 is 4.74 Å². The molecule has 6 nitrogen and oxygen atoms in total. The Hall–Kier alpha value is -2.73. The Bertz CT molecular complexity index is 892. The summed E-state index contributed by atoms with van der Waals surface area (Å²) in [6.45, 7) is 5.34. The topological polar surface area (TPSA) is 66.9 Å². The summed E-state index contributed by atoms with van der Waals surface area (Å²) in [5.41, 5.74) is 4.98. The van der Waals surface area contributed by atoms with E-state index in [1.807, 2.05) is 6.07 Å². The van der Waals surface area contributed by atoms with Gasteiger partial charge in [0.25, 0.3) is 0 Å². The first-order valence-corrected chi connectivity index (χ1v) is 9.98. The molecule has 0 amide bonds. The van der Waals surface area contributed by atoms with Gasteiger partial charge in [0.1, 0.15) is 5.75 Å². The molecule has 4 rings (SSSR count). The van der Waals surface area contributed by atoms with Crippen LogP contribution in [0.2, 0.25) is 0 Å². The second kappa shape index (κ2) is 8.52. The molecular weight excluding hydrogens is 350 g/mol. The van der Waals surface area contributed by atoms with Gasteiger partial charge in [-0.25, -0.2) is 0 Å². The number of hydrogen-bond acceptors (Lipinski definition) is 5. The molecule has 28 heavy (non-hydrogen) atoms. The number of tetrazole rings is 1. The van der Waals surface area contributed by atoms with Crippen molar-refractivity contribution in [3.05, 3.63) is 59.2 Å². The smallest absolute Gasteiger partial charge is 0.208 e. The molecule has 2 aromatic carbocycles. The summed E-state index contributed by atoms with van der Waals surface area (Å²) in [5, 5.41) is 14.4. The number of aryl methyl sites for hydroxylation is 1. The molecule has 1 fully saturated rings. The molecule has 1 unspecified atom stereocenters. The summed E-state index contributed by atoms with van der Waals surface area (Å²) in [7, 11) is 1.66. The Balaban J connectivity index is 1.48. The standard InChI is InChI=1S/C22H27N5O/c1-3-16-6-9-18(10-7-16)19-5-4-12-27(15-19)14-17-8-11-21(28-2)20(13-17)22-23-25-26-24-22/h6-11,13,19H,3-5,12,14-15H2,1-2H3,(H,23,24,25,26). The number of methoxy groups -OCH3 is 1. The Morgan fingerprint density at radius 3 is 2.68 bits per heavy atom. The second-order valence-electron chi connectivity index (χ2n) is 7.44. The van der Waals surface area contributed by atoms with Gasteiger partial charge in [0.05, 0.1) is 12.7 Å². The fourth-order valence-electron chi connectivity index (χ4n) is 4.06. The number of likely N-dealkylation sites (tertiary alicyclic amines) is 1. The van der Waals surface area contributed by atoms with E-state index in [0.29, 0.717) is 11.7 Å². The van der Waals surface area contributed by atoms with E-state index in [0.717, 1.165) is 37.4 Å². The third-order valence-electron chi connectivity index (χ3n) is 5.62. The van der Waals surface area contributed by atoms with Gasteiger partial charge >= 0.3 is 0 Å². The number of aromatic amines is 1. The highest BCUT2D eigenvalue weighted by Crippen LogP contribution is 2.31. The summed E-state index contributed by atoms with van der Waals surface area (Å²) >= 11 is 0. The first-order chi connectivity index (χ1) is 13.8. The van der Waals surface area contributed by atoms with Gasteiger partial charge < -0.3 is 4.74 Å². The van der Waals surface area contributed by atoms with Crippen LogP contribution in [0.4, 0.5) is 0 Å². The van der Waals surface area contributed by atoms with Crippen molar-refractivity contribution in [3.8, 4) is 17.1 Å². The third kappa shape index (κ3) is 4.07. The van der Waals surface area contributed by atoms with Gasteiger partial charge in [-0.3, -0.25) is 4.90 Å². The summed E-state index contributed by atoms with van der Waals surface area (Å²) in [4.78, 5) is 2.55. The van der Waals surface area contributed by atoms with E-state index in [1.165, 1.54) is 29.5 Å². The molecular formula is C22H27N5O. The largest absolute Gasteiger partial charge is 0.496 e. The summed E-state index contributed by atoms with van der Waals surface area (Å²) < 4.78 is 5.47. The number of nitrogens with one attached hydrogen (secondary N) is 1. The molecule has 0 radical (unpaired) electrons. The molecule has 1 aliphatic rings. The van der Waals surface area contributed by atoms with Gasteiger partial charge in [-0.15, -0.1) is 10.2 Å². The molecule has 0 bridgehead atoms. The number of piperidine rings is 1. The van der Waals surface area contributed by atoms with Gasteiger partial charge in [-0.1, -0.05) is 37.3 Å². The van der Waals surface area contributed by atoms with E-state index in [9.17, 15) is 0 Å². The van der Waals surface area contributed by atoms with E-state index in [1.54, 1.807) is 7.11 Å². The minimum absolute atomic E-state index is 0.561. The monoisotopic (exact) mass is 377 g/mol. The molecule has 1 aliphatic heterocycles. The lowest BCUT2D eigenvalue weighted by atomic mass is 9.89. The van der Waals surface area contributed by atoms with Crippen LogP contribution in [0.25, 0.3) is 11.4 Å². The minimum atomic E-state index is 0.561. The number of H-pyrrole nitrogens is 1. The fraction of sp³-hybridized carbons (Fsp3) is 0.409. The highest BCUT2D eigenvalue weighted by Gasteiger charge is 2.22. The van der Waals surface area contributed by atoms with Crippen molar-refractivity contribution in [2.24, 2.45) is 0 Å². The van der Waals surface area contributed by atoms with Crippen molar-refractivity contribution in [2.45, 2.75) is 38.6 Å². The van der Waals surface area contributed by atoms with Crippen LogP contribution < -0.4 is 4.74 Å². The van der Waals surface area contributed by atoms with Crippen molar-refractivity contribution in [1.82, 2.24) is 25.5 Å². The number of benzene rings is 2. The molecule has 146 valence electrons. The van der Waals surface area contributed by atoms with E-state index in [-0.39, 0.29) is 0 Å². The highest BCUT2D eigenvalue weighted by molar-refractivity contribution is 5.64. The predicted molar refractivity (Wildman–Crippen MR) is 109 cm³/mol. The molecule has 2 heterocycles. The van der Waals surface area contributed by atoms with Crippen molar-refractivity contribution in [1.29, 1.82) is 0 Å². The lowest BCUT2D eigenvalue weighted by Gasteiger charge is -2.33. The van der Waals surface area contributed by atoms with Crippen LogP contribution in [0.3, 0.4) is 0 Å². The Morgan fingerprint density at radius 2 is 1.96 bits per heavy atom. The number of nitrogens with zero attached hydrogens (tertiary/aromatic N) is 4. The third-order valence-corrected chi connectivity index (χ3v) is 5.62. The zero-order valence-electron chi connectivity index (χ0n) is 16.6. The van der Waals surface area contributed by atoms with Gasteiger partial charge in [0, 0.05) is 13.1 Å². The maximum Gasteiger partial charge on any atom is 0.208 e. The van der Waals surface area contributed by atoms with Crippen molar-refractivity contribution in [2.75, 3.05) is 20.2 Å². The molecule has 3 aromatic rings. The summed E-state index contributed by atoms with van der Waals surface area (Å²) in [6.07, 6.45) is 3.59. The normalized spacial score (nSPS) is 17.6. The van der Waals surface area contributed by atoms with Crippen LogP contribution in [0.1, 0.15) is 42.4 Å². The zero-order chi connectivity index (χ0) is 19.3. The lowest BCUT2D eigenvalue weighted by Crippen LogP contribution is -2.33. The van der Waals surface area contributed by atoms with Crippen LogP contribution in [0.5, 0.6) is 5.75 Å². The highest BCUT2D eigenvalue weighted by atomic mass is 16.5. The van der Waals surface area contributed by atoms with Gasteiger partial charge in [-0.05, 0) is 65.8 Å². The van der Waals surface area contributed by atoms with Crippen LogP contribution in [-0.4, -0.2) is 45.7 Å². The van der Waals surface area contributed by atoms with E-state index in [4.69, 9.17) is 4.74 Å². The average molecular weight is 377 g/mol. The minimum Gasteiger partial charge on any atom is -0.496 e. The maximum absolute atomic E-state index is 5.47. The van der Waals surface area contributed by atoms with E-state index >= 15 is 0 Å². The Morgan fingerprint density at radius 1 is 1.14 bits per heavy atom. The second-order valence-corrected chi connectivity index (χ2v) is 7.44. The molecule has 1 saturated heterocycles. The molecule has 6 heteroatoms. The predicted octanol–water partition coefficient (Wildman–Crippen LogP) is 3.82. The van der Waals surface area contributed by atoms with Crippen LogP contribution in [0, 0.1) is 0 Å². The fourth-order valence-corrected chi connectivity index (χ4v) is 4.06. The van der Waals surface area contributed by atoms with Crippen molar-refractivity contribution >= 4 is 0 Å². The lowest BCUT2D eigenvalue weighted by molar-refractivity contribution is 0.200. The number of hydrogen-bond donors (Lipinski definition) is 1. The van der Waals surface area contributed by atoms with Gasteiger partial charge in [0.15, 0.2) is 0 Å². The quantitative estimate of drug-likeness (QED) is 0.707. The molecule has 0 aliphatic carbocycles. The number of aromatic nitrogens is 4. The first-order valence-electron chi connectivity index (χ1n) is 9.98. The Labute approximate surface area is 165 Å². The van der Waals surface area contributed by atoms with Crippen LogP contribution in [0.15, 0.2) is 42.5 Å². The van der Waals surface area contributed by atoms with Gasteiger partial charge in [0.2, 0.25) is 5.82 Å². The molecule has 1 N–H and O–H groups in total. The summed E-state index contributed by atoms with van der Waals surface area (Å²) in [5.74, 6) is 1.93. The van der Waals surface area contributed by atoms with Crippen LogP contribution >= 0.6 is 0 Å². The molecule has 0 saturated carbocycles. The first kappa shape index (κ1) is 18.6. The molecule has 1 aromatic heterocycles. The average Bonchev–Trinajstić information content (AvgIpc) is 3.29. The van der Waals surface area contributed by atoms with Crippen molar-refractivity contribution in [3.63, 3.8) is 0 Å². The van der Waals surface area contributed by atoms with Gasteiger partial charge in [-0.2, -0.15) is 5.21 Å². The maximum atomic E-state index is 5.47. The zero-order valence-corrected chi connectivity index (χ0v) is 16.6. The number of rotatable bonds is 6. The van der Waals surface area contributed by atoms with Crippen LogP contribution in [-0.2, 0) is 13.0 Å². The summed E-state index contributed by atoms with van der Waals surface area (Å²) in [6, 6.07) is 15.4. The SMILES string of the molecule is CCc1ccc(C2CCCN(Cc3ccc(OC)c(-c4nn[nH]n4)c3)C2)cc1.